The number of aliphatic carboxylic acids is 1. The standard InChI is InChI=1S/C28H37NO4/c1-4-5-15-32-16-17-33-26-11-8-22(9-12-26)23-10-13-27-25(18-23)19-24(28(30)31)7-6-14-29(27)20-21(2)3/h7-9,11-13,18-19,21H,4-6,10,14-17,20H2,1-3H3,(H,30,31)/b24-7+,25-19-. The summed E-state index contributed by atoms with van der Waals surface area (Å²) in [6.45, 7) is 10.3. The largest absolute Gasteiger partial charge is 0.491 e. The van der Waals surface area contributed by atoms with Gasteiger partial charge in [-0.25, -0.2) is 4.79 Å². The number of carboxylic acid groups (broad SMARTS) is 1. The summed E-state index contributed by atoms with van der Waals surface area (Å²) >= 11 is 0. The number of hydrogen-bond acceptors (Lipinski definition) is 4. The van der Waals surface area contributed by atoms with E-state index in [-0.39, 0.29) is 0 Å². The van der Waals surface area contributed by atoms with Crippen LogP contribution in [0.15, 0.2) is 65.4 Å². The zero-order chi connectivity index (χ0) is 23.6. The molecule has 33 heavy (non-hydrogen) atoms. The van der Waals surface area contributed by atoms with Crippen LogP contribution in [0.5, 0.6) is 5.75 Å². The Morgan fingerprint density at radius 3 is 2.58 bits per heavy atom. The molecule has 1 N–H and O–H groups in total. The Hall–Kier alpha value is -2.79. The van der Waals surface area contributed by atoms with E-state index in [4.69, 9.17) is 9.47 Å². The average molecular weight is 452 g/mol. The van der Waals surface area contributed by atoms with E-state index in [1.807, 2.05) is 24.3 Å². The third kappa shape index (κ3) is 7.36. The molecule has 1 aliphatic heterocycles. The molecule has 1 aliphatic carbocycles. The highest BCUT2D eigenvalue weighted by molar-refractivity contribution is 5.91. The summed E-state index contributed by atoms with van der Waals surface area (Å²) in [5.74, 6) is 0.485. The lowest BCUT2D eigenvalue weighted by Crippen LogP contribution is -2.30. The second-order valence-electron chi connectivity index (χ2n) is 8.99. The molecule has 0 amide bonds. The van der Waals surface area contributed by atoms with Crippen molar-refractivity contribution in [2.24, 2.45) is 5.92 Å². The number of allylic oxidation sites excluding steroid dienone is 3. The first-order chi connectivity index (χ1) is 16.0. The van der Waals surface area contributed by atoms with Crippen LogP contribution >= 0.6 is 0 Å². The molecule has 3 rings (SSSR count). The van der Waals surface area contributed by atoms with Crippen molar-refractivity contribution in [2.45, 2.75) is 46.5 Å². The van der Waals surface area contributed by atoms with E-state index in [0.29, 0.717) is 24.7 Å². The van der Waals surface area contributed by atoms with Crippen molar-refractivity contribution in [1.29, 1.82) is 0 Å². The number of carboxylic acids is 1. The van der Waals surface area contributed by atoms with Crippen molar-refractivity contribution in [3.63, 3.8) is 0 Å². The minimum absolute atomic E-state index is 0.363. The van der Waals surface area contributed by atoms with E-state index in [1.165, 1.54) is 5.57 Å². The Balaban J connectivity index is 1.73. The van der Waals surface area contributed by atoms with Crippen molar-refractivity contribution in [3.05, 3.63) is 71.0 Å². The molecule has 0 spiro atoms. The topological polar surface area (TPSA) is 59.0 Å². The lowest BCUT2D eigenvalue weighted by atomic mass is 9.90. The van der Waals surface area contributed by atoms with Gasteiger partial charge in [-0.1, -0.05) is 51.5 Å². The molecule has 178 valence electrons. The molecule has 0 saturated carbocycles. The Labute approximate surface area is 198 Å². The lowest BCUT2D eigenvalue weighted by molar-refractivity contribution is -0.132. The third-order valence-electron chi connectivity index (χ3n) is 5.75. The number of carbonyl (C=O) groups is 1. The molecule has 0 aromatic heterocycles. The molecule has 0 saturated heterocycles. The third-order valence-corrected chi connectivity index (χ3v) is 5.75. The summed E-state index contributed by atoms with van der Waals surface area (Å²) < 4.78 is 11.3. The predicted octanol–water partition coefficient (Wildman–Crippen LogP) is 5.85. The molecule has 0 bridgehead atoms. The summed E-state index contributed by atoms with van der Waals surface area (Å²) in [4.78, 5) is 14.1. The second-order valence-corrected chi connectivity index (χ2v) is 8.99. The van der Waals surface area contributed by atoms with Crippen LogP contribution in [0.25, 0.3) is 5.57 Å². The van der Waals surface area contributed by atoms with Crippen LogP contribution in [0.2, 0.25) is 0 Å². The molecule has 0 radical (unpaired) electrons. The zero-order valence-corrected chi connectivity index (χ0v) is 20.2. The van der Waals surface area contributed by atoms with Crippen LogP contribution in [0, 0.1) is 5.92 Å². The fraction of sp³-hybridized carbons (Fsp3) is 0.464. The first-order valence-electron chi connectivity index (χ1n) is 12.1. The van der Waals surface area contributed by atoms with Crippen LogP contribution in [-0.2, 0) is 9.53 Å². The van der Waals surface area contributed by atoms with Crippen molar-refractivity contribution in [1.82, 2.24) is 4.90 Å². The van der Waals surface area contributed by atoms with Gasteiger partial charge < -0.3 is 19.5 Å². The minimum atomic E-state index is -0.875. The maximum absolute atomic E-state index is 11.7. The Morgan fingerprint density at radius 1 is 1.09 bits per heavy atom. The van der Waals surface area contributed by atoms with Crippen LogP contribution < -0.4 is 4.74 Å². The van der Waals surface area contributed by atoms with Gasteiger partial charge >= 0.3 is 5.97 Å². The highest BCUT2D eigenvalue weighted by Gasteiger charge is 2.21. The van der Waals surface area contributed by atoms with Crippen LogP contribution in [0.1, 0.15) is 52.0 Å². The van der Waals surface area contributed by atoms with E-state index in [0.717, 1.165) is 68.0 Å². The van der Waals surface area contributed by atoms with Crippen LogP contribution in [-0.4, -0.2) is 48.9 Å². The van der Waals surface area contributed by atoms with Crippen molar-refractivity contribution >= 4 is 11.5 Å². The van der Waals surface area contributed by atoms with Gasteiger partial charge in [-0.2, -0.15) is 0 Å². The number of ether oxygens (including phenoxy) is 2. The van der Waals surface area contributed by atoms with E-state index in [2.05, 4.69) is 50.0 Å². The summed E-state index contributed by atoms with van der Waals surface area (Å²) in [5, 5.41) is 9.61. The molecular formula is C28H37NO4. The van der Waals surface area contributed by atoms with Gasteiger partial charge in [0.05, 0.1) is 12.2 Å². The Bertz CT molecular complexity index is 922. The molecule has 0 unspecified atom stereocenters. The summed E-state index contributed by atoms with van der Waals surface area (Å²) in [6, 6.07) is 8.12. The normalized spacial score (nSPS) is 19.3. The first-order valence-corrected chi connectivity index (χ1v) is 12.1. The van der Waals surface area contributed by atoms with Gasteiger partial charge in [0.2, 0.25) is 0 Å². The zero-order valence-electron chi connectivity index (χ0n) is 20.2. The molecule has 1 aromatic carbocycles. The van der Waals surface area contributed by atoms with Gasteiger partial charge in [0.15, 0.2) is 0 Å². The highest BCUT2D eigenvalue weighted by Crippen LogP contribution is 2.34. The SMILES string of the molecule is CCCCOCCOc1ccc(C2=C/C3=C/C(C(=O)O)=C\CCN(CC(C)C)C3=CC2)cc1. The average Bonchev–Trinajstić information content (AvgIpc) is 2.78. The van der Waals surface area contributed by atoms with Crippen molar-refractivity contribution in [3.8, 4) is 5.75 Å². The van der Waals surface area contributed by atoms with Gasteiger partial charge in [-0.05, 0) is 66.2 Å². The summed E-state index contributed by atoms with van der Waals surface area (Å²) in [7, 11) is 0. The van der Waals surface area contributed by atoms with E-state index in [9.17, 15) is 9.90 Å². The molecule has 5 nitrogen and oxygen atoms in total. The lowest BCUT2D eigenvalue weighted by Gasteiger charge is -2.33. The Kier molecular flexibility index (Phi) is 9.37. The first kappa shape index (κ1) is 24.8. The van der Waals surface area contributed by atoms with Gasteiger partial charge in [-0.15, -0.1) is 0 Å². The fourth-order valence-corrected chi connectivity index (χ4v) is 4.11. The number of fused-ring (bicyclic) bond motifs is 1. The van der Waals surface area contributed by atoms with Crippen molar-refractivity contribution < 1.29 is 19.4 Å². The summed E-state index contributed by atoms with van der Waals surface area (Å²) in [6.07, 6.45) is 11.8. The quantitative estimate of drug-likeness (QED) is 0.428. The van der Waals surface area contributed by atoms with Crippen LogP contribution in [0.3, 0.4) is 0 Å². The second kappa shape index (κ2) is 12.4. The van der Waals surface area contributed by atoms with E-state index >= 15 is 0 Å². The fourth-order valence-electron chi connectivity index (χ4n) is 4.11. The minimum Gasteiger partial charge on any atom is -0.491 e. The van der Waals surface area contributed by atoms with Crippen LogP contribution in [0.4, 0.5) is 0 Å². The monoisotopic (exact) mass is 451 g/mol. The predicted molar refractivity (Wildman–Crippen MR) is 133 cm³/mol. The maximum Gasteiger partial charge on any atom is 0.335 e. The number of benzene rings is 1. The molecule has 0 fully saturated rings. The molecule has 5 heteroatoms. The van der Waals surface area contributed by atoms with Gasteiger partial charge in [0.1, 0.15) is 12.4 Å². The molecule has 1 heterocycles. The smallest absolute Gasteiger partial charge is 0.335 e. The maximum atomic E-state index is 11.7. The van der Waals surface area contributed by atoms with E-state index in [1.54, 1.807) is 0 Å². The van der Waals surface area contributed by atoms with Gasteiger partial charge in [-0.3, -0.25) is 0 Å². The Morgan fingerprint density at radius 2 is 1.88 bits per heavy atom. The molecular weight excluding hydrogens is 414 g/mol. The number of unbranched alkanes of at least 4 members (excludes halogenated alkanes) is 1. The summed E-state index contributed by atoms with van der Waals surface area (Å²) in [5.41, 5.74) is 4.77. The number of rotatable bonds is 11. The number of nitrogens with zero attached hydrogens (tertiary/aromatic N) is 1. The van der Waals surface area contributed by atoms with Gasteiger partial charge in [0, 0.05) is 25.4 Å². The number of hydrogen-bond donors (Lipinski definition) is 1. The molecule has 1 aromatic rings. The van der Waals surface area contributed by atoms with Crippen molar-refractivity contribution in [2.75, 3.05) is 32.9 Å². The molecule has 0 atom stereocenters. The highest BCUT2D eigenvalue weighted by atomic mass is 16.5. The van der Waals surface area contributed by atoms with E-state index < -0.39 is 5.97 Å². The molecule has 2 aliphatic rings. The van der Waals surface area contributed by atoms with Gasteiger partial charge in [0.25, 0.3) is 0 Å².